The summed E-state index contributed by atoms with van der Waals surface area (Å²) in [6, 6.07) is 10.4. The van der Waals surface area contributed by atoms with Crippen molar-refractivity contribution in [3.63, 3.8) is 0 Å². The Morgan fingerprint density at radius 2 is 2.10 bits per heavy atom. The second kappa shape index (κ2) is 10.0. The lowest BCUT2D eigenvalue weighted by atomic mass is 9.88. The Bertz CT molecular complexity index is 1680. The summed E-state index contributed by atoms with van der Waals surface area (Å²) >= 11 is 7.21. The summed E-state index contributed by atoms with van der Waals surface area (Å²) in [7, 11) is 0. The number of likely N-dealkylation sites (tertiary alicyclic amines) is 1. The van der Waals surface area contributed by atoms with E-state index < -0.39 is 18.6 Å². The molecular weight excluding hydrogens is 552 g/mol. The number of benzene rings is 1. The van der Waals surface area contributed by atoms with Gasteiger partial charge in [-0.3, -0.25) is 9.88 Å². The summed E-state index contributed by atoms with van der Waals surface area (Å²) in [5, 5.41) is 9.85. The Hall–Kier alpha value is -3.18. The molecule has 3 aromatic heterocycles. The molecule has 1 N–H and O–H groups in total. The molecule has 0 amide bonds. The van der Waals surface area contributed by atoms with Gasteiger partial charge in [-0.15, -0.1) is 11.3 Å². The quantitative estimate of drug-likeness (QED) is 0.298. The standard InChI is InChI=1S/C29H29ClN4O5S/c1-29(24-6-5-18(30)14-31-24)38-22-4-2-3-20(26(22)39-29)17-7-10-33(11-8-17)16-25-32-27-21(13-23(40-27)28(35)36)34(25)15-19-9-12-37-19/h2-6,13-14,17,19H,7-12,15-16H2,1H3,(H,35,36)/i1D3. The molecule has 2 atom stereocenters. The molecule has 9 nitrogen and oxygen atoms in total. The zero-order valence-electron chi connectivity index (χ0n) is 24.5. The minimum absolute atomic E-state index is 0.113. The van der Waals surface area contributed by atoms with Crippen molar-refractivity contribution in [1.82, 2.24) is 19.4 Å². The van der Waals surface area contributed by atoms with E-state index in [0.29, 0.717) is 29.6 Å². The molecule has 2 saturated heterocycles. The van der Waals surface area contributed by atoms with Crippen molar-refractivity contribution in [2.24, 2.45) is 0 Å². The zero-order chi connectivity index (χ0) is 29.9. The van der Waals surface area contributed by atoms with Gasteiger partial charge >= 0.3 is 5.97 Å². The molecule has 0 bridgehead atoms. The van der Waals surface area contributed by atoms with Crippen molar-refractivity contribution in [3.05, 3.63) is 69.6 Å². The van der Waals surface area contributed by atoms with Crippen LogP contribution >= 0.6 is 22.9 Å². The van der Waals surface area contributed by atoms with Crippen LogP contribution < -0.4 is 9.47 Å². The van der Waals surface area contributed by atoms with Crippen LogP contribution in [-0.2, 0) is 23.6 Å². The highest BCUT2D eigenvalue weighted by Gasteiger charge is 2.42. The van der Waals surface area contributed by atoms with E-state index in [9.17, 15) is 9.90 Å². The van der Waals surface area contributed by atoms with Gasteiger partial charge in [0.25, 0.3) is 5.79 Å². The van der Waals surface area contributed by atoms with Gasteiger partial charge in [-0.1, -0.05) is 23.7 Å². The Labute approximate surface area is 244 Å². The number of ether oxygens (including phenoxy) is 3. The average Bonchev–Trinajstić information content (AvgIpc) is 3.63. The van der Waals surface area contributed by atoms with Crippen LogP contribution in [0.25, 0.3) is 10.3 Å². The van der Waals surface area contributed by atoms with Gasteiger partial charge in [-0.25, -0.2) is 9.78 Å². The van der Waals surface area contributed by atoms with Crippen LogP contribution in [0, 0.1) is 0 Å². The molecule has 3 aliphatic heterocycles. The Morgan fingerprint density at radius 1 is 1.25 bits per heavy atom. The van der Waals surface area contributed by atoms with E-state index in [1.165, 1.54) is 23.6 Å². The third kappa shape index (κ3) is 4.62. The molecule has 40 heavy (non-hydrogen) atoms. The Morgan fingerprint density at radius 3 is 2.80 bits per heavy atom. The molecule has 0 saturated carbocycles. The molecular formula is C29H29ClN4O5S. The van der Waals surface area contributed by atoms with E-state index >= 15 is 0 Å². The lowest BCUT2D eigenvalue weighted by Crippen LogP contribution is -2.35. The number of hydrogen-bond acceptors (Lipinski definition) is 8. The largest absolute Gasteiger partial charge is 0.477 e. The van der Waals surface area contributed by atoms with Gasteiger partial charge in [0.05, 0.1) is 29.7 Å². The van der Waals surface area contributed by atoms with E-state index in [-0.39, 0.29) is 22.6 Å². The van der Waals surface area contributed by atoms with Gasteiger partial charge in [-0.2, -0.15) is 0 Å². The van der Waals surface area contributed by atoms with Crippen LogP contribution in [-0.4, -0.2) is 56.3 Å². The van der Waals surface area contributed by atoms with Crippen LogP contribution in [0.2, 0.25) is 5.02 Å². The molecule has 0 spiro atoms. The zero-order valence-corrected chi connectivity index (χ0v) is 23.1. The lowest BCUT2D eigenvalue weighted by molar-refractivity contribution is -0.0722. The first-order valence-electron chi connectivity index (χ1n) is 14.8. The Balaban J connectivity index is 1.09. The number of carboxylic acids is 1. The number of thiophene rings is 1. The number of piperidine rings is 1. The number of aromatic carboxylic acids is 1. The van der Waals surface area contributed by atoms with Gasteiger partial charge in [0, 0.05) is 29.3 Å². The number of fused-ring (bicyclic) bond motifs is 2. The number of imidazole rings is 1. The van der Waals surface area contributed by atoms with E-state index in [1.807, 2.05) is 12.1 Å². The highest BCUT2D eigenvalue weighted by molar-refractivity contribution is 7.20. The summed E-state index contributed by atoms with van der Waals surface area (Å²) in [5.41, 5.74) is 1.89. The fourth-order valence-electron chi connectivity index (χ4n) is 5.66. The molecule has 3 aliphatic rings. The maximum absolute atomic E-state index is 11.5. The first-order chi connectivity index (χ1) is 20.6. The fourth-order valence-corrected chi connectivity index (χ4v) is 6.67. The lowest BCUT2D eigenvalue weighted by Gasteiger charge is -2.33. The van der Waals surface area contributed by atoms with Crippen molar-refractivity contribution in [2.75, 3.05) is 19.7 Å². The van der Waals surface area contributed by atoms with Gasteiger partial charge in [0.15, 0.2) is 11.5 Å². The van der Waals surface area contributed by atoms with E-state index in [2.05, 4.69) is 14.5 Å². The smallest absolute Gasteiger partial charge is 0.346 e. The van der Waals surface area contributed by atoms with Gasteiger partial charge in [0.2, 0.25) is 0 Å². The predicted octanol–water partition coefficient (Wildman–Crippen LogP) is 5.66. The summed E-state index contributed by atoms with van der Waals surface area (Å²) in [6.45, 7) is 0.994. The molecule has 4 aromatic rings. The molecule has 208 valence electrons. The minimum atomic E-state index is -2.65. The topological polar surface area (TPSA) is 98.9 Å². The SMILES string of the molecule is [2H]C([2H])([2H])C1(c2ccc(Cl)cn2)Oc2cccc(C3CCN(Cc4nc5sc(C(=O)O)cc5n4CC4CCO4)CC3)c2O1. The summed E-state index contributed by atoms with van der Waals surface area (Å²) in [4.78, 5) is 24.0. The van der Waals surface area contributed by atoms with Crippen molar-refractivity contribution in [3.8, 4) is 11.5 Å². The van der Waals surface area contributed by atoms with Gasteiger partial charge in [0.1, 0.15) is 21.2 Å². The molecule has 0 radical (unpaired) electrons. The number of carbonyl (C=O) groups is 1. The highest BCUT2D eigenvalue weighted by Crippen LogP contribution is 2.49. The Kier molecular flexibility index (Phi) is 5.64. The molecule has 0 aliphatic carbocycles. The second-order valence-corrected chi connectivity index (χ2v) is 11.9. The maximum Gasteiger partial charge on any atom is 0.346 e. The highest BCUT2D eigenvalue weighted by atomic mass is 35.5. The number of nitrogens with zero attached hydrogens (tertiary/aromatic N) is 4. The third-order valence-corrected chi connectivity index (χ3v) is 9.11. The van der Waals surface area contributed by atoms with Crippen molar-refractivity contribution in [2.45, 2.75) is 57.0 Å². The number of para-hydroxylation sites is 1. The normalized spacial score (nSPS) is 24.4. The van der Waals surface area contributed by atoms with Crippen molar-refractivity contribution >= 4 is 39.3 Å². The summed E-state index contributed by atoms with van der Waals surface area (Å²) < 4.78 is 45.0. The second-order valence-electron chi connectivity index (χ2n) is 10.4. The minimum Gasteiger partial charge on any atom is -0.477 e. The number of hydrogen-bond donors (Lipinski definition) is 1. The first-order valence-corrected chi connectivity index (χ1v) is 14.5. The van der Waals surface area contributed by atoms with E-state index in [0.717, 1.165) is 60.7 Å². The number of aromatic nitrogens is 3. The van der Waals surface area contributed by atoms with Crippen LogP contribution in [0.5, 0.6) is 11.5 Å². The van der Waals surface area contributed by atoms with Gasteiger partial charge < -0.3 is 23.9 Å². The van der Waals surface area contributed by atoms with Crippen LogP contribution in [0.3, 0.4) is 0 Å². The number of carboxylic acid groups (broad SMARTS) is 1. The summed E-state index contributed by atoms with van der Waals surface area (Å²) in [6.07, 6.45) is 4.15. The molecule has 2 unspecified atom stereocenters. The predicted molar refractivity (Wildman–Crippen MR) is 150 cm³/mol. The van der Waals surface area contributed by atoms with Crippen molar-refractivity contribution < 1.29 is 28.2 Å². The monoisotopic (exact) mass is 583 g/mol. The first kappa shape index (κ1) is 22.5. The van der Waals surface area contributed by atoms with E-state index in [4.69, 9.17) is 34.9 Å². The number of rotatable bonds is 7. The number of halogens is 1. The molecule has 7 rings (SSSR count). The van der Waals surface area contributed by atoms with Gasteiger partial charge in [-0.05, 0) is 62.5 Å². The summed E-state index contributed by atoms with van der Waals surface area (Å²) in [5.74, 6) is -1.13. The molecule has 6 heterocycles. The molecule has 2 fully saturated rings. The van der Waals surface area contributed by atoms with E-state index in [1.54, 1.807) is 18.2 Å². The maximum atomic E-state index is 11.5. The van der Waals surface area contributed by atoms with Crippen LogP contribution in [0.1, 0.15) is 62.9 Å². The number of pyridine rings is 1. The van der Waals surface area contributed by atoms with Crippen LogP contribution in [0.15, 0.2) is 42.6 Å². The third-order valence-electron chi connectivity index (χ3n) is 7.88. The fraction of sp³-hybridized carbons (Fsp3) is 0.414. The molecule has 1 aromatic carbocycles. The molecule has 11 heteroatoms. The van der Waals surface area contributed by atoms with Crippen LogP contribution in [0.4, 0.5) is 0 Å². The van der Waals surface area contributed by atoms with Crippen molar-refractivity contribution in [1.29, 1.82) is 0 Å². The average molecular weight is 584 g/mol.